The van der Waals surface area contributed by atoms with E-state index >= 15 is 0 Å². The van der Waals surface area contributed by atoms with E-state index < -0.39 is 0 Å². The average molecular weight is 373 g/mol. The minimum absolute atomic E-state index is 0.00708. The third kappa shape index (κ3) is 2.10. The van der Waals surface area contributed by atoms with E-state index in [1.807, 2.05) is 0 Å². The van der Waals surface area contributed by atoms with Crippen molar-refractivity contribution >= 4 is 21.8 Å². The van der Waals surface area contributed by atoms with Gasteiger partial charge in [0.05, 0.1) is 11.0 Å². The lowest BCUT2D eigenvalue weighted by Gasteiger charge is -2.21. The summed E-state index contributed by atoms with van der Waals surface area (Å²) in [5, 5.41) is 2.66. The second-order valence-corrected chi connectivity index (χ2v) is 8.73. The Labute approximate surface area is 171 Å². The molecule has 0 bridgehead atoms. The van der Waals surface area contributed by atoms with Crippen molar-refractivity contribution < 1.29 is 0 Å². The van der Waals surface area contributed by atoms with Crippen LogP contribution in [0, 0.1) is 6.92 Å². The van der Waals surface area contributed by atoms with E-state index in [0.717, 1.165) is 0 Å². The quantitative estimate of drug-likeness (QED) is 0.288. The summed E-state index contributed by atoms with van der Waals surface area (Å²) >= 11 is 0. The lowest BCUT2D eigenvalue weighted by Crippen LogP contribution is -2.14. The molecule has 4 aromatic carbocycles. The maximum atomic E-state index is 2.44. The van der Waals surface area contributed by atoms with E-state index in [-0.39, 0.29) is 5.41 Å². The Hall–Kier alpha value is -3.32. The molecule has 1 aliphatic rings. The van der Waals surface area contributed by atoms with E-state index in [0.29, 0.717) is 0 Å². The summed E-state index contributed by atoms with van der Waals surface area (Å²) in [6.07, 6.45) is 0. The zero-order valence-electron chi connectivity index (χ0n) is 17.0. The Morgan fingerprint density at radius 1 is 0.655 bits per heavy atom. The average Bonchev–Trinajstić information content (AvgIpc) is 3.19. The maximum absolute atomic E-state index is 2.44. The van der Waals surface area contributed by atoms with Gasteiger partial charge in [0.1, 0.15) is 0 Å². The van der Waals surface area contributed by atoms with Gasteiger partial charge in [0.2, 0.25) is 0 Å². The van der Waals surface area contributed by atoms with Crippen LogP contribution in [0.5, 0.6) is 0 Å². The van der Waals surface area contributed by atoms with Crippen LogP contribution in [0.2, 0.25) is 0 Å². The molecule has 0 atom stereocenters. The molecule has 1 nitrogen and oxygen atoms in total. The van der Waals surface area contributed by atoms with E-state index in [9.17, 15) is 0 Å². The molecule has 1 heterocycles. The van der Waals surface area contributed by atoms with E-state index in [1.165, 1.54) is 55.3 Å². The van der Waals surface area contributed by atoms with Gasteiger partial charge in [-0.2, -0.15) is 0 Å². The third-order valence-electron chi connectivity index (χ3n) is 6.71. The fraction of sp³-hybridized carbons (Fsp3) is 0.143. The van der Waals surface area contributed by atoms with Crippen molar-refractivity contribution in [1.82, 2.24) is 4.57 Å². The van der Waals surface area contributed by atoms with Crippen LogP contribution in [0.3, 0.4) is 0 Å². The normalized spacial score (nSPS) is 14.3. The predicted molar refractivity (Wildman–Crippen MR) is 123 cm³/mol. The van der Waals surface area contributed by atoms with Crippen LogP contribution in [0.15, 0.2) is 84.9 Å². The van der Waals surface area contributed by atoms with Crippen molar-refractivity contribution in [2.24, 2.45) is 0 Å². The van der Waals surface area contributed by atoms with E-state index in [4.69, 9.17) is 0 Å². The van der Waals surface area contributed by atoms with Gasteiger partial charge < -0.3 is 4.57 Å². The lowest BCUT2D eigenvalue weighted by molar-refractivity contribution is 0.661. The van der Waals surface area contributed by atoms with Gasteiger partial charge in [-0.1, -0.05) is 74.5 Å². The van der Waals surface area contributed by atoms with Gasteiger partial charge in [-0.3, -0.25) is 0 Å². The molecule has 0 saturated carbocycles. The van der Waals surface area contributed by atoms with Crippen molar-refractivity contribution in [3.63, 3.8) is 0 Å². The first-order chi connectivity index (χ1) is 14.1. The monoisotopic (exact) mass is 373 g/mol. The first-order valence-electron chi connectivity index (χ1n) is 10.3. The van der Waals surface area contributed by atoms with Crippen molar-refractivity contribution in [2.45, 2.75) is 26.2 Å². The lowest BCUT2D eigenvalue weighted by atomic mass is 9.82. The van der Waals surface area contributed by atoms with E-state index in [2.05, 4.69) is 110 Å². The van der Waals surface area contributed by atoms with Crippen LogP contribution in [0.1, 0.15) is 30.5 Å². The van der Waals surface area contributed by atoms with Crippen molar-refractivity contribution in [1.29, 1.82) is 0 Å². The third-order valence-corrected chi connectivity index (χ3v) is 6.71. The molecule has 1 aliphatic carbocycles. The zero-order chi connectivity index (χ0) is 19.8. The van der Waals surface area contributed by atoms with Crippen molar-refractivity contribution in [3.8, 4) is 16.8 Å². The second kappa shape index (κ2) is 5.61. The molecular weight excluding hydrogens is 350 g/mol. The van der Waals surface area contributed by atoms with Crippen molar-refractivity contribution in [2.75, 3.05) is 0 Å². The summed E-state index contributed by atoms with van der Waals surface area (Å²) in [5.74, 6) is 0. The first-order valence-corrected chi connectivity index (χ1v) is 10.3. The van der Waals surface area contributed by atoms with Crippen LogP contribution in [-0.2, 0) is 5.41 Å². The number of fused-ring (bicyclic) bond motifs is 6. The van der Waals surface area contributed by atoms with Crippen molar-refractivity contribution in [3.05, 3.63) is 102 Å². The molecule has 0 saturated heterocycles. The smallest absolute Gasteiger partial charge is 0.0570 e. The summed E-state index contributed by atoms with van der Waals surface area (Å²) in [5.41, 5.74) is 10.7. The number of hydrogen-bond acceptors (Lipinski definition) is 0. The Bertz CT molecular complexity index is 1420. The minimum Gasteiger partial charge on any atom is -0.309 e. The Morgan fingerprint density at radius 2 is 1.41 bits per heavy atom. The summed E-state index contributed by atoms with van der Waals surface area (Å²) in [4.78, 5) is 0. The largest absolute Gasteiger partial charge is 0.309 e. The summed E-state index contributed by atoms with van der Waals surface area (Å²) in [6, 6.07) is 31.2. The van der Waals surface area contributed by atoms with Gasteiger partial charge >= 0.3 is 0 Å². The number of rotatable bonds is 1. The Kier molecular flexibility index (Phi) is 3.21. The molecule has 1 aromatic heterocycles. The van der Waals surface area contributed by atoms with Gasteiger partial charge in [-0.25, -0.2) is 0 Å². The Balaban J connectivity index is 1.81. The van der Waals surface area contributed by atoms with Crippen LogP contribution in [0.25, 0.3) is 38.6 Å². The predicted octanol–water partition coefficient (Wildman–Crippen LogP) is 7.40. The molecular formula is C28H23N. The minimum atomic E-state index is 0.00708. The van der Waals surface area contributed by atoms with Gasteiger partial charge in [-0.05, 0) is 59.0 Å². The molecule has 1 heteroatoms. The number of para-hydroxylation sites is 2. The van der Waals surface area contributed by atoms with Crippen LogP contribution in [-0.4, -0.2) is 4.57 Å². The second-order valence-electron chi connectivity index (χ2n) is 8.73. The number of aryl methyl sites for hydroxylation is 1. The number of nitrogens with zero attached hydrogens (tertiary/aromatic N) is 1. The molecule has 0 unspecified atom stereocenters. The van der Waals surface area contributed by atoms with E-state index in [1.54, 1.807) is 0 Å². The van der Waals surface area contributed by atoms with Gasteiger partial charge in [0.15, 0.2) is 0 Å². The number of aromatic nitrogens is 1. The SMILES string of the molecule is Cc1cccc2c3cc4c(cc3n(-c3ccccc3)c12)C(C)(C)c1ccccc1-4. The summed E-state index contributed by atoms with van der Waals surface area (Å²) in [6.45, 7) is 6.92. The first kappa shape index (κ1) is 16.6. The standard InChI is InChI=1S/C28H23N/c1-18-10-9-14-21-23-16-22-20-13-7-8-15-24(20)28(2,3)25(22)17-26(23)29(27(18)21)19-11-5-4-6-12-19/h4-17H,1-3H3. The van der Waals surface area contributed by atoms with Gasteiger partial charge in [0, 0.05) is 21.9 Å². The molecule has 29 heavy (non-hydrogen) atoms. The highest BCUT2D eigenvalue weighted by atomic mass is 15.0. The number of hydrogen-bond donors (Lipinski definition) is 0. The topological polar surface area (TPSA) is 4.93 Å². The summed E-state index contributed by atoms with van der Waals surface area (Å²) < 4.78 is 2.44. The zero-order valence-corrected chi connectivity index (χ0v) is 17.0. The van der Waals surface area contributed by atoms with Crippen LogP contribution < -0.4 is 0 Å². The summed E-state index contributed by atoms with van der Waals surface area (Å²) in [7, 11) is 0. The van der Waals surface area contributed by atoms with Gasteiger partial charge in [-0.15, -0.1) is 0 Å². The molecule has 5 aromatic rings. The van der Waals surface area contributed by atoms with Gasteiger partial charge in [0.25, 0.3) is 0 Å². The molecule has 140 valence electrons. The number of benzene rings is 4. The maximum Gasteiger partial charge on any atom is 0.0570 e. The molecule has 0 amide bonds. The highest BCUT2D eigenvalue weighted by molar-refractivity contribution is 6.12. The van der Waals surface area contributed by atoms with Crippen LogP contribution >= 0.6 is 0 Å². The highest BCUT2D eigenvalue weighted by Gasteiger charge is 2.36. The Morgan fingerprint density at radius 3 is 2.24 bits per heavy atom. The molecule has 0 radical (unpaired) electrons. The fourth-order valence-electron chi connectivity index (χ4n) is 5.28. The highest BCUT2D eigenvalue weighted by Crippen LogP contribution is 2.50. The van der Waals surface area contributed by atoms with Crippen LogP contribution in [0.4, 0.5) is 0 Å². The molecule has 0 N–H and O–H groups in total. The fourth-order valence-corrected chi connectivity index (χ4v) is 5.28. The molecule has 0 spiro atoms. The molecule has 6 rings (SSSR count). The molecule has 0 aliphatic heterocycles. The molecule has 0 fully saturated rings.